The van der Waals surface area contributed by atoms with Gasteiger partial charge in [0.15, 0.2) is 5.96 Å². The minimum Gasteiger partial charge on any atom is -0.370 e. The molecule has 100 valence electrons. The summed E-state index contributed by atoms with van der Waals surface area (Å²) < 4.78 is 1.09. The fourth-order valence-electron chi connectivity index (χ4n) is 1.65. The second-order valence-electron chi connectivity index (χ2n) is 3.90. The van der Waals surface area contributed by atoms with E-state index in [0.717, 1.165) is 29.1 Å². The molecule has 1 aliphatic heterocycles. The Hall–Kier alpha value is 0.0500. The van der Waals surface area contributed by atoms with Crippen molar-refractivity contribution in [2.75, 3.05) is 24.6 Å². The molecule has 1 aliphatic rings. The molecule has 1 fully saturated rings. The quantitative estimate of drug-likeness (QED) is 0.435. The third-order valence-corrected chi connectivity index (χ3v) is 4.14. The third-order valence-electron chi connectivity index (χ3n) is 2.67. The first-order valence-corrected chi connectivity index (χ1v) is 7.57. The average Bonchev–Trinajstić information content (AvgIpc) is 2.39. The molecule has 18 heavy (non-hydrogen) atoms. The Morgan fingerprint density at radius 2 is 1.89 bits per heavy atom. The first-order chi connectivity index (χ1) is 8.25. The fraction of sp³-hybridized carbons (Fsp3) is 0.417. The molecule has 0 spiro atoms. The number of hydrogen-bond donors (Lipinski definition) is 1. The maximum atomic E-state index is 5.98. The molecule has 0 radical (unpaired) electrons. The maximum Gasteiger partial charge on any atom is 0.191 e. The molecule has 2 rings (SSSR count). The highest BCUT2D eigenvalue weighted by Crippen LogP contribution is 2.12. The van der Waals surface area contributed by atoms with E-state index in [1.807, 2.05) is 23.9 Å². The zero-order valence-corrected chi connectivity index (χ0v) is 14.7. The summed E-state index contributed by atoms with van der Waals surface area (Å²) in [6.07, 6.45) is 0. The predicted molar refractivity (Wildman–Crippen MR) is 93.8 cm³/mol. The van der Waals surface area contributed by atoms with Gasteiger partial charge in [-0.2, -0.15) is 11.8 Å². The van der Waals surface area contributed by atoms with Crippen LogP contribution in [0.4, 0.5) is 0 Å². The van der Waals surface area contributed by atoms with Crippen LogP contribution in [-0.4, -0.2) is 35.5 Å². The predicted octanol–water partition coefficient (Wildman–Crippen LogP) is 2.93. The van der Waals surface area contributed by atoms with Crippen molar-refractivity contribution in [3.05, 3.63) is 34.3 Å². The molecule has 0 unspecified atom stereocenters. The summed E-state index contributed by atoms with van der Waals surface area (Å²) in [5, 5.41) is 0. The zero-order chi connectivity index (χ0) is 12.1. The number of nitrogens with zero attached hydrogens (tertiary/aromatic N) is 2. The van der Waals surface area contributed by atoms with Gasteiger partial charge in [0.25, 0.3) is 0 Å². The highest BCUT2D eigenvalue weighted by molar-refractivity contribution is 14.0. The van der Waals surface area contributed by atoms with Crippen LogP contribution >= 0.6 is 51.7 Å². The van der Waals surface area contributed by atoms with Crippen LogP contribution in [0.3, 0.4) is 0 Å². The number of halogens is 2. The summed E-state index contributed by atoms with van der Waals surface area (Å²) in [5.74, 6) is 2.97. The zero-order valence-electron chi connectivity index (χ0n) is 10.0. The van der Waals surface area contributed by atoms with E-state index in [9.17, 15) is 0 Å². The molecule has 0 aliphatic carbocycles. The first-order valence-electron chi connectivity index (χ1n) is 5.63. The third kappa shape index (κ3) is 4.97. The van der Waals surface area contributed by atoms with E-state index >= 15 is 0 Å². The Balaban J connectivity index is 0.00000162. The number of aliphatic imine (C=N–C) groups is 1. The van der Waals surface area contributed by atoms with Crippen LogP contribution in [0.25, 0.3) is 0 Å². The molecule has 1 heterocycles. The van der Waals surface area contributed by atoms with E-state index in [-0.39, 0.29) is 24.0 Å². The van der Waals surface area contributed by atoms with Gasteiger partial charge >= 0.3 is 0 Å². The maximum absolute atomic E-state index is 5.98. The molecule has 0 saturated carbocycles. The Kier molecular flexibility index (Phi) is 7.40. The molecular formula is C12H17BrIN3S. The van der Waals surface area contributed by atoms with Gasteiger partial charge in [-0.05, 0) is 17.7 Å². The molecule has 1 saturated heterocycles. The van der Waals surface area contributed by atoms with Gasteiger partial charge in [-0.1, -0.05) is 28.1 Å². The number of hydrogen-bond acceptors (Lipinski definition) is 2. The average molecular weight is 442 g/mol. The van der Waals surface area contributed by atoms with Crippen LogP contribution in [-0.2, 0) is 6.54 Å². The minimum absolute atomic E-state index is 0. The van der Waals surface area contributed by atoms with Crippen molar-refractivity contribution in [3.63, 3.8) is 0 Å². The number of guanidine groups is 1. The van der Waals surface area contributed by atoms with Crippen LogP contribution in [0.15, 0.2) is 33.7 Å². The topological polar surface area (TPSA) is 41.6 Å². The van der Waals surface area contributed by atoms with Gasteiger partial charge in [-0.3, -0.25) is 0 Å². The molecule has 2 N–H and O–H groups in total. The molecule has 0 amide bonds. The van der Waals surface area contributed by atoms with Gasteiger partial charge < -0.3 is 10.6 Å². The lowest BCUT2D eigenvalue weighted by Gasteiger charge is -2.27. The molecule has 0 bridgehead atoms. The van der Waals surface area contributed by atoms with Crippen molar-refractivity contribution < 1.29 is 0 Å². The highest BCUT2D eigenvalue weighted by atomic mass is 127. The summed E-state index contributed by atoms with van der Waals surface area (Å²) in [6, 6.07) is 8.18. The van der Waals surface area contributed by atoms with Crippen LogP contribution in [0, 0.1) is 0 Å². The molecule has 6 heteroatoms. The van der Waals surface area contributed by atoms with E-state index in [0.29, 0.717) is 12.5 Å². The van der Waals surface area contributed by atoms with Gasteiger partial charge in [0, 0.05) is 29.1 Å². The SMILES string of the molecule is I.NC(=NCc1ccc(Br)cc1)N1CCSCC1. The first kappa shape index (κ1) is 16.1. The molecule has 1 aromatic rings. The lowest BCUT2D eigenvalue weighted by molar-refractivity contribution is 0.455. The van der Waals surface area contributed by atoms with Crippen LogP contribution in [0.2, 0.25) is 0 Å². The van der Waals surface area contributed by atoms with Gasteiger partial charge in [0.1, 0.15) is 0 Å². The van der Waals surface area contributed by atoms with Crippen molar-refractivity contribution in [1.82, 2.24) is 4.90 Å². The normalized spacial score (nSPS) is 16.3. The van der Waals surface area contributed by atoms with E-state index in [1.165, 1.54) is 5.56 Å². The van der Waals surface area contributed by atoms with Crippen molar-refractivity contribution in [2.45, 2.75) is 6.54 Å². The smallest absolute Gasteiger partial charge is 0.191 e. The minimum atomic E-state index is 0. The van der Waals surface area contributed by atoms with Crippen molar-refractivity contribution in [2.24, 2.45) is 10.7 Å². The summed E-state index contributed by atoms with van der Waals surface area (Å²) in [5.41, 5.74) is 7.17. The summed E-state index contributed by atoms with van der Waals surface area (Å²) in [6.45, 7) is 2.68. The van der Waals surface area contributed by atoms with Crippen molar-refractivity contribution >= 4 is 57.6 Å². The molecule has 1 aromatic carbocycles. The van der Waals surface area contributed by atoms with Gasteiger partial charge in [-0.15, -0.1) is 24.0 Å². The number of rotatable bonds is 2. The van der Waals surface area contributed by atoms with Gasteiger partial charge in [0.05, 0.1) is 6.54 Å². The van der Waals surface area contributed by atoms with E-state index in [2.05, 4.69) is 38.0 Å². The highest BCUT2D eigenvalue weighted by Gasteiger charge is 2.11. The second-order valence-corrected chi connectivity index (χ2v) is 6.04. The lowest BCUT2D eigenvalue weighted by atomic mass is 10.2. The summed E-state index contributed by atoms with van der Waals surface area (Å²) in [7, 11) is 0. The Morgan fingerprint density at radius 3 is 2.50 bits per heavy atom. The lowest BCUT2D eigenvalue weighted by Crippen LogP contribution is -2.42. The molecule has 0 atom stereocenters. The summed E-state index contributed by atoms with van der Waals surface area (Å²) in [4.78, 5) is 6.61. The summed E-state index contributed by atoms with van der Waals surface area (Å²) >= 11 is 5.39. The second kappa shape index (κ2) is 8.27. The van der Waals surface area contributed by atoms with Gasteiger partial charge in [0.2, 0.25) is 0 Å². The number of nitrogens with two attached hydrogens (primary N) is 1. The number of thioether (sulfide) groups is 1. The molecule has 3 nitrogen and oxygen atoms in total. The van der Waals surface area contributed by atoms with Crippen molar-refractivity contribution in [3.8, 4) is 0 Å². The van der Waals surface area contributed by atoms with Crippen LogP contribution < -0.4 is 5.73 Å². The Morgan fingerprint density at radius 1 is 1.28 bits per heavy atom. The Bertz CT molecular complexity index is 391. The number of benzene rings is 1. The van der Waals surface area contributed by atoms with Crippen LogP contribution in [0.5, 0.6) is 0 Å². The van der Waals surface area contributed by atoms with E-state index in [4.69, 9.17) is 5.73 Å². The fourth-order valence-corrected chi connectivity index (χ4v) is 2.82. The van der Waals surface area contributed by atoms with Gasteiger partial charge in [-0.25, -0.2) is 4.99 Å². The molecule has 0 aromatic heterocycles. The van der Waals surface area contributed by atoms with Crippen molar-refractivity contribution in [1.29, 1.82) is 0 Å². The monoisotopic (exact) mass is 441 g/mol. The largest absolute Gasteiger partial charge is 0.370 e. The molecular weight excluding hydrogens is 425 g/mol. The standard InChI is InChI=1S/C12H16BrN3S.HI/c13-11-3-1-10(2-4-11)9-15-12(14)16-5-7-17-8-6-16;/h1-4H,5-9H2,(H2,14,15);1H. The van der Waals surface area contributed by atoms with E-state index < -0.39 is 0 Å². The van der Waals surface area contributed by atoms with Crippen LogP contribution in [0.1, 0.15) is 5.56 Å². The Labute approximate surface area is 138 Å². The van der Waals surface area contributed by atoms with E-state index in [1.54, 1.807) is 0 Å².